The Bertz CT molecular complexity index is 240. The van der Waals surface area contributed by atoms with Crippen LogP contribution in [0.5, 0.6) is 0 Å². The maximum absolute atomic E-state index is 11.2. The van der Waals surface area contributed by atoms with Crippen molar-refractivity contribution in [3.63, 3.8) is 0 Å². The van der Waals surface area contributed by atoms with E-state index in [1.165, 1.54) is 27.7 Å². The van der Waals surface area contributed by atoms with Gasteiger partial charge in [-0.2, -0.15) is 0 Å². The molecule has 0 fully saturated rings. The maximum Gasteiger partial charge on any atom is 2.00 e. The van der Waals surface area contributed by atoms with Gasteiger partial charge >= 0.3 is 23.1 Å². The van der Waals surface area contributed by atoms with Crippen molar-refractivity contribution in [3.05, 3.63) is 6.92 Å². The van der Waals surface area contributed by atoms with E-state index in [1.54, 1.807) is 6.92 Å². The van der Waals surface area contributed by atoms with Gasteiger partial charge in [-0.1, -0.05) is 13.8 Å². The van der Waals surface area contributed by atoms with Gasteiger partial charge in [-0.25, -0.2) is 0 Å². The van der Waals surface area contributed by atoms with Crippen LogP contribution in [-0.2, 0) is 38.5 Å². The predicted molar refractivity (Wildman–Crippen MR) is 66.8 cm³/mol. The molecule has 9 heteroatoms. The maximum atomic E-state index is 11.2. The summed E-state index contributed by atoms with van der Waals surface area (Å²) in [6.07, 6.45) is -5.57. The number of halogens is 1. The Morgan fingerprint density at radius 2 is 1.05 bits per heavy atom. The van der Waals surface area contributed by atoms with Gasteiger partial charge in [0.15, 0.2) is 0 Å². The minimum atomic E-state index is -2.28. The molecule has 0 bridgehead atoms. The fraction of sp³-hybridized carbons (Fsp3) is 0.750. The number of hydrogen-bond acceptors (Lipinski definition) is 6. The predicted octanol–water partition coefficient (Wildman–Crippen LogP) is -4.19. The Kier molecular flexibility index (Phi) is 29.8. The first kappa shape index (κ1) is 33.4. The number of ether oxygens (including phenoxy) is 2. The van der Waals surface area contributed by atoms with Crippen molar-refractivity contribution in [1.82, 2.24) is 0 Å². The normalized spacial score (nSPS) is 11.5. The molecule has 0 saturated carbocycles. The first-order chi connectivity index (χ1) is 8.25. The summed E-state index contributed by atoms with van der Waals surface area (Å²) in [6.45, 7) is 11.2. The molecule has 0 aliphatic rings. The summed E-state index contributed by atoms with van der Waals surface area (Å²) >= 11 is 0. The van der Waals surface area contributed by atoms with Gasteiger partial charge in [0, 0.05) is 19.5 Å². The number of hydrogen-bond donors (Lipinski definition) is 0. The SMILES string of the molecule is CC(C)OC(=O)[C@H]([O-])[C@@H]([O-])C(=O)OC(C)C.[Br-].[CH2]C.[Mg+2].[Zn]. The number of esters is 2. The van der Waals surface area contributed by atoms with Crippen molar-refractivity contribution in [3.8, 4) is 0 Å². The number of carbonyl (C=O) groups is 2. The summed E-state index contributed by atoms with van der Waals surface area (Å²) in [5, 5.41) is 22.4. The van der Waals surface area contributed by atoms with Gasteiger partial charge in [0.25, 0.3) is 11.9 Å². The fourth-order valence-electron chi connectivity index (χ4n) is 0.846. The molecule has 0 saturated heterocycles. The Labute approximate surface area is 166 Å². The minimum absolute atomic E-state index is 0. The Balaban J connectivity index is -0.000000163. The number of carbonyl (C=O) groups excluding carboxylic acids is 2. The van der Waals surface area contributed by atoms with E-state index in [4.69, 9.17) is 0 Å². The van der Waals surface area contributed by atoms with E-state index in [0.717, 1.165) is 0 Å². The topological polar surface area (TPSA) is 98.7 Å². The van der Waals surface area contributed by atoms with Crippen molar-refractivity contribution in [2.45, 2.75) is 59.0 Å². The molecule has 0 unspecified atom stereocenters. The Morgan fingerprint density at radius 3 is 1.19 bits per heavy atom. The molecule has 0 spiro atoms. The monoisotopic (exact) mass is 428 g/mol. The molecule has 2 atom stereocenters. The minimum Gasteiger partial charge on any atom is -1.00 e. The summed E-state index contributed by atoms with van der Waals surface area (Å²) in [7, 11) is 0. The van der Waals surface area contributed by atoms with Crippen LogP contribution in [0.1, 0.15) is 34.6 Å². The van der Waals surface area contributed by atoms with E-state index < -0.39 is 36.4 Å². The molecule has 0 heterocycles. The molecular formula is C12H21BrMgO6Zn-. The fourth-order valence-corrected chi connectivity index (χ4v) is 0.846. The molecule has 0 aliphatic carbocycles. The smallest absolute Gasteiger partial charge is 1.00 e. The van der Waals surface area contributed by atoms with Crippen LogP contribution in [0.15, 0.2) is 0 Å². The summed E-state index contributed by atoms with van der Waals surface area (Å²) in [4.78, 5) is 22.1. The molecular weight excluding hydrogens is 410 g/mol. The van der Waals surface area contributed by atoms with Crippen LogP contribution < -0.4 is 27.2 Å². The molecule has 0 aromatic heterocycles. The summed E-state index contributed by atoms with van der Waals surface area (Å²) in [5.41, 5.74) is 0. The second-order valence-corrected chi connectivity index (χ2v) is 3.81. The molecule has 21 heavy (non-hydrogen) atoms. The van der Waals surface area contributed by atoms with Gasteiger partial charge in [-0.15, -0.1) is 0 Å². The third-order valence-electron chi connectivity index (χ3n) is 1.44. The van der Waals surface area contributed by atoms with E-state index in [-0.39, 0.29) is 59.5 Å². The van der Waals surface area contributed by atoms with Gasteiger partial charge in [0.2, 0.25) is 0 Å². The van der Waals surface area contributed by atoms with Crippen LogP contribution >= 0.6 is 0 Å². The van der Waals surface area contributed by atoms with Crippen LogP contribution in [-0.4, -0.2) is 59.4 Å². The van der Waals surface area contributed by atoms with Crippen molar-refractivity contribution >= 4 is 35.0 Å². The summed E-state index contributed by atoms with van der Waals surface area (Å²) in [6, 6.07) is 0. The number of rotatable bonds is 5. The van der Waals surface area contributed by atoms with E-state index in [1.807, 2.05) is 0 Å². The zero-order valence-electron chi connectivity index (χ0n) is 13.3. The zero-order chi connectivity index (χ0) is 14.9. The molecule has 0 aromatic carbocycles. The second-order valence-electron chi connectivity index (χ2n) is 3.81. The van der Waals surface area contributed by atoms with Gasteiger partial charge in [0.1, 0.15) is 0 Å². The van der Waals surface area contributed by atoms with Crippen LogP contribution in [0.2, 0.25) is 0 Å². The first-order valence-electron chi connectivity index (χ1n) is 5.69. The van der Waals surface area contributed by atoms with Crippen molar-refractivity contribution in [2.24, 2.45) is 0 Å². The van der Waals surface area contributed by atoms with Crippen molar-refractivity contribution in [1.29, 1.82) is 0 Å². The summed E-state index contributed by atoms with van der Waals surface area (Å²) < 4.78 is 9.06. The van der Waals surface area contributed by atoms with Crippen LogP contribution in [0.3, 0.4) is 0 Å². The quantitative estimate of drug-likeness (QED) is 0.324. The molecule has 0 rings (SSSR count). The van der Waals surface area contributed by atoms with E-state index in [9.17, 15) is 19.8 Å². The molecule has 1 radical (unpaired) electrons. The van der Waals surface area contributed by atoms with Gasteiger partial charge in [-0.05, 0) is 39.9 Å². The summed E-state index contributed by atoms with van der Waals surface area (Å²) in [5.74, 6) is -2.45. The molecule has 117 valence electrons. The average Bonchev–Trinajstić information content (AvgIpc) is 2.27. The van der Waals surface area contributed by atoms with E-state index >= 15 is 0 Å². The largest absolute Gasteiger partial charge is 2.00 e. The second kappa shape index (κ2) is 18.8. The first-order valence-corrected chi connectivity index (χ1v) is 5.69. The Morgan fingerprint density at radius 1 is 0.857 bits per heavy atom. The van der Waals surface area contributed by atoms with Crippen molar-refractivity contribution in [2.75, 3.05) is 0 Å². The third-order valence-corrected chi connectivity index (χ3v) is 1.44. The molecule has 6 nitrogen and oxygen atoms in total. The standard InChI is InChI=1S/C10H16O6.C2H5.BrH.Mg.Zn/c1-5(2)15-9(13)7(11)8(12)10(14)16-6(3)4;1-2;;;/h5-8H,1-4H3;1H2,2H3;1H;;/q-2;;;+2;/p-1/t7-,8-;;;;/m1..../s1. The Hall–Kier alpha value is 0.730. The van der Waals surface area contributed by atoms with Crippen LogP contribution in [0.25, 0.3) is 0 Å². The average molecular weight is 431 g/mol. The van der Waals surface area contributed by atoms with Gasteiger partial charge < -0.3 is 36.7 Å². The van der Waals surface area contributed by atoms with E-state index in [0.29, 0.717) is 0 Å². The third kappa shape index (κ3) is 16.9. The van der Waals surface area contributed by atoms with Gasteiger partial charge in [0.05, 0.1) is 12.2 Å². The van der Waals surface area contributed by atoms with E-state index in [2.05, 4.69) is 16.4 Å². The van der Waals surface area contributed by atoms with Crippen LogP contribution in [0.4, 0.5) is 0 Å². The molecule has 0 aromatic rings. The van der Waals surface area contributed by atoms with Gasteiger partial charge in [-0.3, -0.25) is 9.59 Å². The molecule has 0 N–H and O–H groups in total. The zero-order valence-corrected chi connectivity index (χ0v) is 19.2. The molecule has 0 amide bonds. The van der Waals surface area contributed by atoms with Crippen molar-refractivity contribution < 1.29 is 65.7 Å². The van der Waals surface area contributed by atoms with Crippen LogP contribution in [0, 0.1) is 6.92 Å². The molecule has 0 aliphatic heterocycles.